The molecule has 0 aliphatic carbocycles. The molecule has 0 unspecified atom stereocenters. The predicted octanol–water partition coefficient (Wildman–Crippen LogP) is 5.14. The first-order chi connectivity index (χ1) is 15.9. The molecule has 2 aromatic heterocycles. The highest BCUT2D eigenvalue weighted by atomic mass is 32.1. The number of carbonyl (C=O) groups is 2. The molecule has 1 saturated heterocycles. The Morgan fingerprint density at radius 2 is 1.97 bits per heavy atom. The van der Waals surface area contributed by atoms with Crippen LogP contribution in [-0.4, -0.2) is 28.9 Å². The fraction of sp³-hybridized carbons (Fsp3) is 0.160. The number of furan rings is 1. The number of Topliss-reactive ketones (excluding diaryl/α,β-unsaturated/α-hetero) is 1. The molecule has 8 heteroatoms. The molecule has 2 aromatic carbocycles. The van der Waals surface area contributed by atoms with Crippen molar-refractivity contribution in [3.63, 3.8) is 0 Å². The number of hydrogen-bond donors (Lipinski definition) is 1. The highest BCUT2D eigenvalue weighted by molar-refractivity contribution is 7.22. The topological polar surface area (TPSA) is 92.9 Å². The number of thiazole rings is 1. The van der Waals surface area contributed by atoms with Gasteiger partial charge >= 0.3 is 5.91 Å². The highest BCUT2D eigenvalue weighted by Crippen LogP contribution is 2.45. The van der Waals surface area contributed by atoms with Gasteiger partial charge in [-0.3, -0.25) is 14.5 Å². The lowest BCUT2D eigenvalue weighted by Crippen LogP contribution is -2.29. The number of ether oxygens (including phenoxy) is 1. The van der Waals surface area contributed by atoms with Crippen molar-refractivity contribution in [2.45, 2.75) is 19.9 Å². The van der Waals surface area contributed by atoms with E-state index in [0.29, 0.717) is 22.2 Å². The molecule has 1 N–H and O–H groups in total. The number of benzene rings is 2. The second kappa shape index (κ2) is 7.90. The molecule has 1 atom stereocenters. The summed E-state index contributed by atoms with van der Waals surface area (Å²) in [5.41, 5.74) is 3.14. The van der Waals surface area contributed by atoms with E-state index in [-0.39, 0.29) is 11.3 Å². The first-order valence-corrected chi connectivity index (χ1v) is 11.1. The summed E-state index contributed by atoms with van der Waals surface area (Å²) in [7, 11) is 1.51. The van der Waals surface area contributed by atoms with Crippen LogP contribution in [0, 0.1) is 13.8 Å². The van der Waals surface area contributed by atoms with Crippen LogP contribution in [0.1, 0.15) is 28.5 Å². The normalized spacial score (nSPS) is 17.8. The number of aliphatic hydroxyl groups is 1. The lowest BCUT2D eigenvalue weighted by Gasteiger charge is -2.20. The number of aliphatic hydroxyl groups excluding tert-OH is 1. The Hall–Kier alpha value is -3.91. The molecular weight excluding hydrogens is 440 g/mol. The number of aryl methyl sites for hydroxylation is 2. The van der Waals surface area contributed by atoms with Gasteiger partial charge in [0.25, 0.3) is 5.78 Å². The van der Waals surface area contributed by atoms with Gasteiger partial charge < -0.3 is 14.3 Å². The van der Waals surface area contributed by atoms with Crippen molar-refractivity contribution in [1.29, 1.82) is 0 Å². The molecule has 0 radical (unpaired) electrons. The van der Waals surface area contributed by atoms with Crippen LogP contribution in [0.2, 0.25) is 0 Å². The number of amides is 1. The Morgan fingerprint density at radius 3 is 2.70 bits per heavy atom. The lowest BCUT2D eigenvalue weighted by atomic mass is 9.99. The zero-order chi connectivity index (χ0) is 23.3. The number of hydrogen-bond acceptors (Lipinski definition) is 7. The maximum atomic E-state index is 13.2. The van der Waals surface area contributed by atoms with Gasteiger partial charge in [0.2, 0.25) is 0 Å². The van der Waals surface area contributed by atoms with Crippen LogP contribution in [0.15, 0.2) is 64.8 Å². The molecule has 1 fully saturated rings. The van der Waals surface area contributed by atoms with E-state index in [1.807, 2.05) is 26.0 Å². The second-order valence-electron chi connectivity index (χ2n) is 7.84. The van der Waals surface area contributed by atoms with E-state index in [4.69, 9.17) is 9.15 Å². The summed E-state index contributed by atoms with van der Waals surface area (Å²) < 4.78 is 11.8. The van der Waals surface area contributed by atoms with E-state index >= 15 is 0 Å². The second-order valence-corrected chi connectivity index (χ2v) is 8.85. The number of fused-ring (bicyclic) bond motifs is 1. The molecule has 0 spiro atoms. The summed E-state index contributed by atoms with van der Waals surface area (Å²) in [6, 6.07) is 13.1. The Kier molecular flexibility index (Phi) is 5.02. The van der Waals surface area contributed by atoms with Crippen LogP contribution in [-0.2, 0) is 9.59 Å². The van der Waals surface area contributed by atoms with E-state index < -0.39 is 17.7 Å². The van der Waals surface area contributed by atoms with Crippen molar-refractivity contribution in [2.75, 3.05) is 12.0 Å². The number of ketones is 1. The molecule has 0 bridgehead atoms. The Bertz CT molecular complexity index is 1430. The smallest absolute Gasteiger partial charge is 0.302 e. The molecule has 33 heavy (non-hydrogen) atoms. The minimum atomic E-state index is -0.951. The van der Waals surface area contributed by atoms with Crippen molar-refractivity contribution in [2.24, 2.45) is 0 Å². The number of anilines is 1. The zero-order valence-electron chi connectivity index (χ0n) is 18.2. The molecule has 1 aliphatic rings. The zero-order valence-corrected chi connectivity index (χ0v) is 19.0. The van der Waals surface area contributed by atoms with E-state index in [9.17, 15) is 14.7 Å². The predicted molar refractivity (Wildman–Crippen MR) is 126 cm³/mol. The Labute approximate surface area is 193 Å². The van der Waals surface area contributed by atoms with E-state index in [2.05, 4.69) is 4.98 Å². The average Bonchev–Trinajstić information content (AvgIpc) is 3.52. The van der Waals surface area contributed by atoms with Gasteiger partial charge in [-0.25, -0.2) is 4.98 Å². The minimum absolute atomic E-state index is 0.0599. The van der Waals surface area contributed by atoms with Gasteiger partial charge in [0, 0.05) is 5.56 Å². The first kappa shape index (κ1) is 21.0. The van der Waals surface area contributed by atoms with Crippen LogP contribution >= 0.6 is 11.3 Å². The third-order valence-corrected chi connectivity index (χ3v) is 6.63. The number of rotatable bonds is 4. The first-order valence-electron chi connectivity index (χ1n) is 10.3. The average molecular weight is 461 g/mol. The van der Waals surface area contributed by atoms with Gasteiger partial charge in [0.05, 0.1) is 29.2 Å². The summed E-state index contributed by atoms with van der Waals surface area (Å²) in [5.74, 6) is -1.01. The molecule has 166 valence electrons. The standard InChI is InChI=1S/C25H20N2O5S/c1-13-10-14(2)20-18(11-13)33-25(26-20)27-21(17-8-5-9-32-17)19(23(29)24(27)30)22(28)15-6-4-7-16(12-15)31-3/h4-12,21,28H,1-3H3/b22-19+/t21-/m0/s1. The quantitative estimate of drug-likeness (QED) is 0.257. The summed E-state index contributed by atoms with van der Waals surface area (Å²) in [6.45, 7) is 3.95. The Balaban J connectivity index is 1.72. The summed E-state index contributed by atoms with van der Waals surface area (Å²) in [6.07, 6.45) is 1.47. The third kappa shape index (κ3) is 3.39. The van der Waals surface area contributed by atoms with Crippen molar-refractivity contribution in [1.82, 2.24) is 4.98 Å². The number of methoxy groups -OCH3 is 1. The Morgan fingerprint density at radius 1 is 1.15 bits per heavy atom. The van der Waals surface area contributed by atoms with Crippen molar-refractivity contribution >= 4 is 44.1 Å². The summed E-state index contributed by atoms with van der Waals surface area (Å²) >= 11 is 1.32. The van der Waals surface area contributed by atoms with Crippen LogP contribution in [0.4, 0.5) is 5.13 Å². The minimum Gasteiger partial charge on any atom is -0.507 e. The molecule has 1 aliphatic heterocycles. The van der Waals surface area contributed by atoms with Crippen LogP contribution in [0.3, 0.4) is 0 Å². The SMILES string of the molecule is COc1cccc(/C(O)=C2\C(=O)C(=O)N(c3nc4c(C)cc(C)cc4s3)[C@H]2c2ccco2)c1. The number of nitrogens with zero attached hydrogens (tertiary/aromatic N) is 2. The van der Waals surface area contributed by atoms with Gasteiger partial charge in [0.1, 0.15) is 23.3 Å². The molecule has 4 aromatic rings. The molecular formula is C25H20N2O5S. The largest absolute Gasteiger partial charge is 0.507 e. The van der Waals surface area contributed by atoms with Crippen LogP contribution < -0.4 is 9.64 Å². The molecule has 3 heterocycles. The van der Waals surface area contributed by atoms with Gasteiger partial charge in [-0.05, 0) is 55.3 Å². The van der Waals surface area contributed by atoms with Gasteiger partial charge in [-0.1, -0.05) is 29.5 Å². The van der Waals surface area contributed by atoms with Crippen molar-refractivity contribution in [3.8, 4) is 5.75 Å². The van der Waals surface area contributed by atoms with E-state index in [1.165, 1.54) is 29.6 Å². The monoisotopic (exact) mass is 460 g/mol. The van der Waals surface area contributed by atoms with Gasteiger partial charge in [-0.15, -0.1) is 0 Å². The van der Waals surface area contributed by atoms with Crippen molar-refractivity contribution in [3.05, 3.63) is 82.8 Å². The lowest BCUT2D eigenvalue weighted by molar-refractivity contribution is -0.132. The van der Waals surface area contributed by atoms with Gasteiger partial charge in [-0.2, -0.15) is 0 Å². The van der Waals surface area contributed by atoms with E-state index in [0.717, 1.165) is 21.3 Å². The molecule has 5 rings (SSSR count). The van der Waals surface area contributed by atoms with Gasteiger partial charge in [0.15, 0.2) is 5.13 Å². The summed E-state index contributed by atoms with van der Waals surface area (Å²) in [4.78, 5) is 32.4. The third-order valence-electron chi connectivity index (χ3n) is 5.62. The maximum absolute atomic E-state index is 13.2. The summed E-state index contributed by atoms with van der Waals surface area (Å²) in [5, 5.41) is 11.5. The fourth-order valence-electron chi connectivity index (χ4n) is 4.13. The van der Waals surface area contributed by atoms with Crippen LogP contribution in [0.25, 0.3) is 16.0 Å². The van der Waals surface area contributed by atoms with Crippen LogP contribution in [0.5, 0.6) is 5.75 Å². The number of carbonyl (C=O) groups excluding carboxylic acids is 2. The van der Waals surface area contributed by atoms with Crippen molar-refractivity contribution < 1.29 is 23.8 Å². The number of aromatic nitrogens is 1. The molecule has 7 nitrogen and oxygen atoms in total. The molecule has 1 amide bonds. The van der Waals surface area contributed by atoms with E-state index in [1.54, 1.807) is 36.4 Å². The molecule has 0 saturated carbocycles. The highest BCUT2D eigenvalue weighted by Gasteiger charge is 2.49. The maximum Gasteiger partial charge on any atom is 0.302 e. The fourth-order valence-corrected chi connectivity index (χ4v) is 5.30.